The lowest BCUT2D eigenvalue weighted by molar-refractivity contribution is 0.0692. The maximum atomic E-state index is 14.9. The van der Waals surface area contributed by atoms with Crippen LogP contribution in [0.3, 0.4) is 0 Å². The molecule has 6 nitrogen and oxygen atoms in total. The van der Waals surface area contributed by atoms with Crippen molar-refractivity contribution in [2.75, 3.05) is 11.9 Å². The molecule has 1 atom stereocenters. The topological polar surface area (TPSA) is 91.6 Å². The molecule has 3 rings (SSSR count). The molecule has 1 heterocycles. The molecule has 0 aliphatic rings. The number of carboxylic acid groups (broad SMARTS) is 1. The van der Waals surface area contributed by atoms with Gasteiger partial charge in [0.05, 0.1) is 23.9 Å². The van der Waals surface area contributed by atoms with Gasteiger partial charge in [0.25, 0.3) is 0 Å². The van der Waals surface area contributed by atoms with Crippen LogP contribution in [0, 0.1) is 17.0 Å². The summed E-state index contributed by atoms with van der Waals surface area (Å²) in [6.07, 6.45) is 1.16. The summed E-state index contributed by atoms with van der Waals surface area (Å²) in [4.78, 5) is 24.5. The van der Waals surface area contributed by atoms with E-state index in [0.717, 1.165) is 12.3 Å². The Morgan fingerprint density at radius 1 is 1.16 bits per heavy atom. The second-order valence-electron chi connectivity index (χ2n) is 8.48. The summed E-state index contributed by atoms with van der Waals surface area (Å²) >= 11 is 0. The number of aliphatic hydroxyl groups is 1. The van der Waals surface area contributed by atoms with E-state index in [4.69, 9.17) is 0 Å². The van der Waals surface area contributed by atoms with E-state index in [9.17, 15) is 28.6 Å². The molecule has 164 valence electrons. The van der Waals surface area contributed by atoms with E-state index < -0.39 is 34.2 Å². The number of aliphatic hydroxyl groups excluding tert-OH is 1. The minimum atomic E-state index is -1.41. The van der Waals surface area contributed by atoms with Gasteiger partial charge in [-0.25, -0.2) is 13.6 Å². The lowest BCUT2D eigenvalue weighted by Gasteiger charge is -2.33. The van der Waals surface area contributed by atoms with Crippen LogP contribution in [0.1, 0.15) is 42.7 Å². The zero-order valence-corrected chi connectivity index (χ0v) is 17.4. The largest absolute Gasteiger partial charge is 0.477 e. The second kappa shape index (κ2) is 8.47. The standard InChI is InChI=1S/C23H24F2N2O4/c1-23(2,3)20(12-28)27-11-16(22(30)31)21(29)15-8-18(17(25)9-19(15)27)26-10-13-4-6-14(24)7-5-13/h4-9,11,20,26,28H,10,12H2,1-3H3,(H,30,31). The number of benzene rings is 2. The zero-order chi connectivity index (χ0) is 22.9. The number of aromatic carboxylic acids is 1. The SMILES string of the molecule is CC(C)(C)C(CO)n1cc(C(=O)O)c(=O)c2cc(NCc3ccc(F)cc3)c(F)cc21. The van der Waals surface area contributed by atoms with Crippen molar-refractivity contribution in [3.05, 3.63) is 75.6 Å². The summed E-state index contributed by atoms with van der Waals surface area (Å²) in [6, 6.07) is 7.50. The van der Waals surface area contributed by atoms with Crippen molar-refractivity contribution >= 4 is 22.6 Å². The second-order valence-corrected chi connectivity index (χ2v) is 8.48. The van der Waals surface area contributed by atoms with Gasteiger partial charge in [-0.2, -0.15) is 0 Å². The summed E-state index contributed by atoms with van der Waals surface area (Å²) in [7, 11) is 0. The van der Waals surface area contributed by atoms with E-state index in [1.807, 2.05) is 20.8 Å². The molecule has 1 aromatic heterocycles. The number of carboxylic acids is 1. The molecule has 2 aromatic carbocycles. The molecule has 0 spiro atoms. The molecule has 0 saturated carbocycles. The van der Waals surface area contributed by atoms with Crippen molar-refractivity contribution in [2.45, 2.75) is 33.4 Å². The van der Waals surface area contributed by atoms with Crippen molar-refractivity contribution in [1.29, 1.82) is 0 Å². The van der Waals surface area contributed by atoms with Gasteiger partial charge in [0.2, 0.25) is 5.43 Å². The van der Waals surface area contributed by atoms with Crippen molar-refractivity contribution in [3.63, 3.8) is 0 Å². The third-order valence-electron chi connectivity index (χ3n) is 5.26. The Labute approximate surface area is 177 Å². The number of hydrogen-bond donors (Lipinski definition) is 3. The first-order valence-electron chi connectivity index (χ1n) is 9.73. The number of anilines is 1. The number of rotatable bonds is 6. The van der Waals surface area contributed by atoms with Crippen LogP contribution in [0.5, 0.6) is 0 Å². The first kappa shape index (κ1) is 22.4. The summed E-state index contributed by atoms with van der Waals surface area (Å²) in [5, 5.41) is 22.3. The first-order chi connectivity index (χ1) is 14.5. The van der Waals surface area contributed by atoms with Crippen LogP contribution in [0.2, 0.25) is 0 Å². The molecule has 0 aliphatic heterocycles. The normalized spacial score (nSPS) is 12.7. The van der Waals surface area contributed by atoms with Crippen LogP contribution >= 0.6 is 0 Å². The van der Waals surface area contributed by atoms with Gasteiger partial charge in [-0.1, -0.05) is 32.9 Å². The highest BCUT2D eigenvalue weighted by Crippen LogP contribution is 2.33. The van der Waals surface area contributed by atoms with Gasteiger partial charge in [0.15, 0.2) is 0 Å². The number of aromatic nitrogens is 1. The minimum Gasteiger partial charge on any atom is -0.477 e. The molecule has 0 radical (unpaired) electrons. The van der Waals surface area contributed by atoms with Crippen molar-refractivity contribution in [1.82, 2.24) is 4.57 Å². The highest BCUT2D eigenvalue weighted by atomic mass is 19.1. The molecule has 0 aliphatic carbocycles. The summed E-state index contributed by atoms with van der Waals surface area (Å²) in [6.45, 7) is 5.41. The van der Waals surface area contributed by atoms with E-state index in [1.165, 1.54) is 22.8 Å². The van der Waals surface area contributed by atoms with Crippen LogP contribution in [0.4, 0.5) is 14.5 Å². The molecule has 1 unspecified atom stereocenters. The fourth-order valence-corrected chi connectivity index (χ4v) is 3.49. The Morgan fingerprint density at radius 3 is 2.35 bits per heavy atom. The molecular formula is C23H24F2N2O4. The fraction of sp³-hybridized carbons (Fsp3) is 0.304. The maximum absolute atomic E-state index is 14.9. The van der Waals surface area contributed by atoms with E-state index >= 15 is 0 Å². The van der Waals surface area contributed by atoms with Crippen molar-refractivity contribution in [2.24, 2.45) is 5.41 Å². The number of fused-ring (bicyclic) bond motifs is 1. The number of nitrogens with one attached hydrogen (secondary N) is 1. The summed E-state index contributed by atoms with van der Waals surface area (Å²) in [5.74, 6) is -2.44. The molecule has 31 heavy (non-hydrogen) atoms. The fourth-order valence-electron chi connectivity index (χ4n) is 3.49. The van der Waals surface area contributed by atoms with Crippen LogP contribution in [-0.4, -0.2) is 27.4 Å². The molecular weight excluding hydrogens is 406 g/mol. The predicted molar refractivity (Wildman–Crippen MR) is 114 cm³/mol. The monoisotopic (exact) mass is 430 g/mol. The average Bonchev–Trinajstić information content (AvgIpc) is 2.69. The number of pyridine rings is 1. The van der Waals surface area contributed by atoms with Crippen LogP contribution in [0.15, 0.2) is 47.4 Å². The Balaban J connectivity index is 2.16. The smallest absolute Gasteiger partial charge is 0.341 e. The molecule has 3 N–H and O–H groups in total. The molecule has 0 amide bonds. The molecule has 8 heteroatoms. The van der Waals surface area contributed by atoms with E-state index in [-0.39, 0.29) is 35.6 Å². The van der Waals surface area contributed by atoms with Gasteiger partial charge < -0.3 is 20.1 Å². The molecule has 0 bridgehead atoms. The van der Waals surface area contributed by atoms with Gasteiger partial charge in [-0.05, 0) is 29.2 Å². The Hall–Kier alpha value is -3.26. The number of halogens is 2. The van der Waals surface area contributed by atoms with Crippen LogP contribution in [0.25, 0.3) is 10.9 Å². The van der Waals surface area contributed by atoms with Gasteiger partial charge in [-0.15, -0.1) is 0 Å². The molecule has 0 fully saturated rings. The van der Waals surface area contributed by atoms with Gasteiger partial charge >= 0.3 is 5.97 Å². The van der Waals surface area contributed by atoms with Gasteiger partial charge in [0, 0.05) is 24.2 Å². The third-order valence-corrected chi connectivity index (χ3v) is 5.26. The minimum absolute atomic E-state index is 0.0133. The quantitative estimate of drug-likeness (QED) is 0.546. The number of carbonyl (C=O) groups is 1. The van der Waals surface area contributed by atoms with Gasteiger partial charge in [-0.3, -0.25) is 4.79 Å². The number of hydrogen-bond acceptors (Lipinski definition) is 4. The van der Waals surface area contributed by atoms with E-state index in [2.05, 4.69) is 5.32 Å². The van der Waals surface area contributed by atoms with E-state index in [1.54, 1.807) is 12.1 Å². The Bertz CT molecular complexity index is 1180. The predicted octanol–water partition coefficient (Wildman–Crippen LogP) is 4.17. The van der Waals surface area contributed by atoms with Crippen LogP contribution in [-0.2, 0) is 6.54 Å². The highest BCUT2D eigenvalue weighted by Gasteiger charge is 2.28. The number of nitrogens with zero attached hydrogens (tertiary/aromatic N) is 1. The third kappa shape index (κ3) is 4.59. The van der Waals surface area contributed by atoms with Gasteiger partial charge in [0.1, 0.15) is 17.2 Å². The maximum Gasteiger partial charge on any atom is 0.341 e. The average molecular weight is 430 g/mol. The first-order valence-corrected chi connectivity index (χ1v) is 9.73. The lowest BCUT2D eigenvalue weighted by atomic mass is 9.86. The van der Waals surface area contributed by atoms with E-state index in [0.29, 0.717) is 5.56 Å². The van der Waals surface area contributed by atoms with Crippen molar-refractivity contribution < 1.29 is 23.8 Å². The molecule has 0 saturated heterocycles. The zero-order valence-electron chi connectivity index (χ0n) is 17.4. The Kier molecular flexibility index (Phi) is 6.13. The lowest BCUT2D eigenvalue weighted by Crippen LogP contribution is -2.30. The molecule has 3 aromatic rings. The highest BCUT2D eigenvalue weighted by molar-refractivity contribution is 5.93. The summed E-state index contributed by atoms with van der Waals surface area (Å²) in [5.41, 5.74) is -0.804. The Morgan fingerprint density at radius 2 is 1.81 bits per heavy atom. The summed E-state index contributed by atoms with van der Waals surface area (Å²) < 4.78 is 29.4. The van der Waals surface area contributed by atoms with Crippen LogP contribution < -0.4 is 10.7 Å². The van der Waals surface area contributed by atoms with Crippen molar-refractivity contribution in [3.8, 4) is 0 Å².